The first kappa shape index (κ1) is 19.2. The fourth-order valence-corrected chi connectivity index (χ4v) is 4.52. The monoisotopic (exact) mass is 382 g/mol. The molecule has 2 N–H and O–H groups in total. The van der Waals surface area contributed by atoms with Gasteiger partial charge in [-0.15, -0.1) is 10.2 Å². The van der Waals surface area contributed by atoms with Crippen molar-refractivity contribution in [3.8, 4) is 0 Å². The molecule has 1 unspecified atom stereocenters. The van der Waals surface area contributed by atoms with E-state index in [1.54, 1.807) is 9.80 Å². The van der Waals surface area contributed by atoms with Crippen molar-refractivity contribution >= 4 is 28.3 Å². The van der Waals surface area contributed by atoms with E-state index in [9.17, 15) is 19.8 Å². The Morgan fingerprint density at radius 2 is 1.85 bits per heavy atom. The molecule has 3 rings (SSSR count). The Hall–Kier alpha value is -1.58. The van der Waals surface area contributed by atoms with Gasteiger partial charge in [-0.05, 0) is 6.42 Å². The lowest BCUT2D eigenvalue weighted by atomic mass is 9.89. The van der Waals surface area contributed by atoms with Gasteiger partial charge < -0.3 is 15.1 Å². The van der Waals surface area contributed by atoms with Gasteiger partial charge in [-0.25, -0.2) is 0 Å². The van der Waals surface area contributed by atoms with Gasteiger partial charge >= 0.3 is 0 Å². The fraction of sp³-hybridized carbons (Fsp3) is 0.765. The number of piperidine rings is 1. The van der Waals surface area contributed by atoms with Crippen LogP contribution in [0.1, 0.15) is 37.6 Å². The van der Waals surface area contributed by atoms with E-state index in [1.165, 1.54) is 11.3 Å². The molecule has 9 heteroatoms. The van der Waals surface area contributed by atoms with Crippen LogP contribution in [0.2, 0.25) is 0 Å². The number of hydrogen-bond donors (Lipinski definition) is 2. The minimum Gasteiger partial charge on any atom is -0.396 e. The molecule has 2 aliphatic heterocycles. The van der Waals surface area contributed by atoms with Crippen molar-refractivity contribution < 1.29 is 19.8 Å². The smallest absolute Gasteiger partial charge is 0.229 e. The molecule has 3 heterocycles. The predicted octanol–water partition coefficient (Wildman–Crippen LogP) is 0.464. The van der Waals surface area contributed by atoms with E-state index in [4.69, 9.17) is 0 Å². The summed E-state index contributed by atoms with van der Waals surface area (Å²) < 4.78 is 0. The van der Waals surface area contributed by atoms with Crippen LogP contribution >= 0.6 is 11.3 Å². The van der Waals surface area contributed by atoms with Crippen LogP contribution < -0.4 is 4.90 Å². The molecule has 0 bridgehead atoms. The second kappa shape index (κ2) is 7.98. The van der Waals surface area contributed by atoms with E-state index < -0.39 is 5.92 Å². The third kappa shape index (κ3) is 3.89. The number of aliphatic hydroxyl groups excluding tert-OH is 2. The van der Waals surface area contributed by atoms with Gasteiger partial charge in [0.1, 0.15) is 5.01 Å². The minimum atomic E-state index is -0.411. The maximum atomic E-state index is 12.9. The summed E-state index contributed by atoms with van der Waals surface area (Å²) in [6.45, 7) is 5.31. The van der Waals surface area contributed by atoms with E-state index in [2.05, 4.69) is 10.2 Å². The Bertz CT molecular complexity index is 653. The lowest BCUT2D eigenvalue weighted by Crippen LogP contribution is -2.48. The molecule has 0 aliphatic carbocycles. The van der Waals surface area contributed by atoms with Crippen LogP contribution in [0, 0.1) is 17.8 Å². The van der Waals surface area contributed by atoms with Gasteiger partial charge in [0.15, 0.2) is 0 Å². The summed E-state index contributed by atoms with van der Waals surface area (Å²) in [6, 6.07) is 0. The molecule has 2 aliphatic rings. The van der Waals surface area contributed by atoms with E-state index in [-0.39, 0.29) is 49.2 Å². The van der Waals surface area contributed by atoms with Gasteiger partial charge in [-0.1, -0.05) is 25.2 Å². The molecule has 0 spiro atoms. The Morgan fingerprint density at radius 3 is 2.38 bits per heavy atom. The molecular formula is C17H26N4O4S. The Kier molecular flexibility index (Phi) is 5.89. The molecule has 8 nitrogen and oxygen atoms in total. The second-order valence-corrected chi connectivity index (χ2v) is 8.55. The average molecular weight is 382 g/mol. The number of rotatable bonds is 5. The highest BCUT2D eigenvalue weighted by molar-refractivity contribution is 7.15. The first-order valence-corrected chi connectivity index (χ1v) is 9.88. The molecule has 2 amide bonds. The quantitative estimate of drug-likeness (QED) is 0.766. The second-order valence-electron chi connectivity index (χ2n) is 7.56. The summed E-state index contributed by atoms with van der Waals surface area (Å²) in [7, 11) is 0. The molecule has 2 fully saturated rings. The number of anilines is 1. The third-order valence-corrected chi connectivity index (χ3v) is 6.33. The van der Waals surface area contributed by atoms with E-state index >= 15 is 0 Å². The van der Waals surface area contributed by atoms with Crippen molar-refractivity contribution in [3.05, 3.63) is 5.01 Å². The molecule has 144 valence electrons. The van der Waals surface area contributed by atoms with Gasteiger partial charge in [0.05, 0.1) is 5.92 Å². The zero-order valence-corrected chi connectivity index (χ0v) is 16.0. The van der Waals surface area contributed by atoms with Crippen molar-refractivity contribution in [1.82, 2.24) is 15.1 Å². The molecule has 3 atom stereocenters. The van der Waals surface area contributed by atoms with Crippen molar-refractivity contribution in [2.75, 3.05) is 37.7 Å². The highest BCUT2D eigenvalue weighted by Gasteiger charge is 2.40. The first-order chi connectivity index (χ1) is 12.4. The molecule has 2 saturated heterocycles. The number of carbonyl (C=O) groups excluding carboxylic acids is 2. The summed E-state index contributed by atoms with van der Waals surface area (Å²) in [4.78, 5) is 28.6. The number of nitrogens with zero attached hydrogens (tertiary/aromatic N) is 4. The van der Waals surface area contributed by atoms with E-state index in [0.29, 0.717) is 24.8 Å². The van der Waals surface area contributed by atoms with Gasteiger partial charge in [-0.3, -0.25) is 14.5 Å². The Balaban J connectivity index is 1.68. The van der Waals surface area contributed by atoms with E-state index in [0.717, 1.165) is 11.4 Å². The van der Waals surface area contributed by atoms with Crippen molar-refractivity contribution in [2.45, 2.75) is 32.6 Å². The van der Waals surface area contributed by atoms with E-state index in [1.807, 2.05) is 13.8 Å². The largest absolute Gasteiger partial charge is 0.396 e. The van der Waals surface area contributed by atoms with Gasteiger partial charge in [0.25, 0.3) is 0 Å². The third-order valence-electron chi connectivity index (χ3n) is 5.08. The molecule has 1 aromatic heterocycles. The molecule has 0 radical (unpaired) electrons. The lowest BCUT2D eigenvalue weighted by Gasteiger charge is -2.37. The minimum absolute atomic E-state index is 0.00122. The number of likely N-dealkylation sites (tertiary alicyclic amines) is 1. The standard InChI is InChI=1S/C17H26N4O4S/c1-10(2)15-18-19-17(26-15)21-7-13(4-14(21)24)16(25)20-5-11(8-22)3-12(6-20)9-23/h10-13,22-23H,3-9H2,1-2H3/t11-,12+,13?. The van der Waals surface area contributed by atoms with Crippen molar-refractivity contribution in [3.63, 3.8) is 0 Å². The average Bonchev–Trinajstić information content (AvgIpc) is 3.27. The van der Waals surface area contributed by atoms with Gasteiger partial charge in [0, 0.05) is 57.0 Å². The highest BCUT2D eigenvalue weighted by Crippen LogP contribution is 2.32. The molecule has 26 heavy (non-hydrogen) atoms. The SMILES string of the molecule is CC(C)c1nnc(N2CC(C(=O)N3C[C@H](CO)C[C@H](CO)C3)CC2=O)s1. The van der Waals surface area contributed by atoms with Crippen LogP contribution in [0.25, 0.3) is 0 Å². The van der Waals surface area contributed by atoms with Gasteiger partial charge in [0.2, 0.25) is 16.9 Å². The number of hydrogen-bond acceptors (Lipinski definition) is 7. The van der Waals surface area contributed by atoms with Crippen LogP contribution in [-0.2, 0) is 9.59 Å². The number of amides is 2. The maximum absolute atomic E-state index is 12.9. The zero-order valence-electron chi connectivity index (χ0n) is 15.2. The maximum Gasteiger partial charge on any atom is 0.229 e. The molecule has 0 saturated carbocycles. The predicted molar refractivity (Wildman–Crippen MR) is 96.8 cm³/mol. The summed E-state index contributed by atoms with van der Waals surface area (Å²) in [5, 5.41) is 28.6. The number of aliphatic hydroxyl groups is 2. The summed E-state index contributed by atoms with van der Waals surface area (Å²) in [5.41, 5.74) is 0. The van der Waals surface area contributed by atoms with Crippen molar-refractivity contribution in [2.24, 2.45) is 17.8 Å². The van der Waals surface area contributed by atoms with Crippen LogP contribution in [0.15, 0.2) is 0 Å². The molecular weight excluding hydrogens is 356 g/mol. The lowest BCUT2D eigenvalue weighted by molar-refractivity contribution is -0.139. The highest BCUT2D eigenvalue weighted by atomic mass is 32.1. The normalized spacial score (nSPS) is 26.8. The van der Waals surface area contributed by atoms with Crippen LogP contribution in [0.3, 0.4) is 0 Å². The fourth-order valence-electron chi connectivity index (χ4n) is 3.65. The van der Waals surface area contributed by atoms with Crippen LogP contribution in [0.4, 0.5) is 5.13 Å². The van der Waals surface area contributed by atoms with Crippen molar-refractivity contribution in [1.29, 1.82) is 0 Å². The molecule has 1 aromatic rings. The summed E-state index contributed by atoms with van der Waals surface area (Å²) in [6.07, 6.45) is 0.884. The Morgan fingerprint density at radius 1 is 1.19 bits per heavy atom. The zero-order chi connectivity index (χ0) is 18.8. The topological polar surface area (TPSA) is 107 Å². The number of carbonyl (C=O) groups is 2. The Labute approximate surface area is 156 Å². The molecule has 0 aromatic carbocycles. The van der Waals surface area contributed by atoms with Crippen LogP contribution in [-0.4, -0.2) is 70.0 Å². The number of aromatic nitrogens is 2. The summed E-state index contributed by atoms with van der Waals surface area (Å²) in [5.74, 6) is -0.388. The first-order valence-electron chi connectivity index (χ1n) is 9.07. The van der Waals surface area contributed by atoms with Gasteiger partial charge in [-0.2, -0.15) is 0 Å². The summed E-state index contributed by atoms with van der Waals surface area (Å²) >= 11 is 1.39. The van der Waals surface area contributed by atoms with Crippen LogP contribution in [0.5, 0.6) is 0 Å².